The summed E-state index contributed by atoms with van der Waals surface area (Å²) in [6.45, 7) is 2.25. The maximum absolute atomic E-state index is 13.3. The van der Waals surface area contributed by atoms with Crippen molar-refractivity contribution in [1.29, 1.82) is 0 Å². The molecule has 0 radical (unpaired) electrons. The van der Waals surface area contributed by atoms with E-state index in [9.17, 15) is 28.8 Å². The molecule has 0 spiro atoms. The molecule has 0 saturated carbocycles. The maximum Gasteiger partial charge on any atom is 0.258 e. The highest BCUT2D eigenvalue weighted by atomic mass is 35.5. The van der Waals surface area contributed by atoms with Gasteiger partial charge in [-0.3, -0.25) is 28.8 Å². The van der Waals surface area contributed by atoms with Gasteiger partial charge < -0.3 is 21.3 Å². The predicted octanol–water partition coefficient (Wildman–Crippen LogP) is 11.7. The number of nitrogens with one attached hydrogen (secondary N) is 4. The molecule has 64 heavy (non-hydrogen) atoms. The van der Waals surface area contributed by atoms with Crippen LogP contribution >= 0.6 is 69.6 Å². The highest BCUT2D eigenvalue weighted by molar-refractivity contribution is 6.38. The van der Waals surface area contributed by atoms with Crippen LogP contribution in [0.5, 0.6) is 0 Å². The van der Waals surface area contributed by atoms with Crippen molar-refractivity contribution in [2.75, 3.05) is 33.0 Å². The summed E-state index contributed by atoms with van der Waals surface area (Å²) in [5.41, 5.74) is 3.41. The van der Waals surface area contributed by atoms with Crippen LogP contribution in [-0.2, 0) is 32.0 Å². The summed E-state index contributed by atoms with van der Waals surface area (Å²) in [6, 6.07) is 21.8. The molecule has 0 aromatic heterocycles. The SMILES string of the molecule is CC(=O)C(N=Nc1cc(Cl)cc(C(=O)Nc2ccc(CCCl)cc2)c1)C(=O)Nc1cc(Cl)c(NC(=O)C(N=Nc2cc(Cl)cc(C(=O)Nc3ccc(CCCl)cc3)c2)C(C)=O)cc1Cl. The van der Waals surface area contributed by atoms with Gasteiger partial charge in [0.15, 0.2) is 11.6 Å². The zero-order valence-electron chi connectivity index (χ0n) is 33.7. The van der Waals surface area contributed by atoms with Crippen LogP contribution in [0, 0.1) is 0 Å². The van der Waals surface area contributed by atoms with Gasteiger partial charge >= 0.3 is 0 Å². The van der Waals surface area contributed by atoms with E-state index in [4.69, 9.17) is 69.6 Å². The third kappa shape index (κ3) is 14.1. The van der Waals surface area contributed by atoms with Crippen molar-refractivity contribution < 1.29 is 28.8 Å². The lowest BCUT2D eigenvalue weighted by atomic mass is 10.1. The second-order valence-corrected chi connectivity index (χ2v) is 16.3. The van der Waals surface area contributed by atoms with Crippen molar-refractivity contribution in [3.63, 3.8) is 0 Å². The molecule has 5 aromatic carbocycles. The Kier molecular flexibility index (Phi) is 17.9. The summed E-state index contributed by atoms with van der Waals surface area (Å²) < 4.78 is 0. The van der Waals surface area contributed by atoms with Crippen LogP contribution in [0.4, 0.5) is 34.1 Å². The van der Waals surface area contributed by atoms with Crippen molar-refractivity contribution in [1.82, 2.24) is 0 Å². The lowest BCUT2D eigenvalue weighted by Gasteiger charge is -2.15. The number of Topliss-reactive ketones (excluding diaryl/α,β-unsaturated/α-hetero) is 2. The fraction of sp³-hybridized carbons (Fsp3) is 0.182. The number of ketones is 2. The molecule has 0 bridgehead atoms. The minimum Gasteiger partial charge on any atom is -0.322 e. The maximum atomic E-state index is 13.3. The number of amides is 4. The van der Waals surface area contributed by atoms with E-state index in [0.717, 1.165) is 25.0 Å². The Balaban J connectivity index is 1.24. The normalized spacial score (nSPS) is 12.1. The largest absolute Gasteiger partial charge is 0.322 e. The van der Waals surface area contributed by atoms with Crippen molar-refractivity contribution in [2.45, 2.75) is 38.8 Å². The number of azo groups is 2. The average molecular weight is 986 g/mol. The van der Waals surface area contributed by atoms with Crippen LogP contribution in [0.15, 0.2) is 118 Å². The van der Waals surface area contributed by atoms with Crippen LogP contribution in [0.3, 0.4) is 0 Å². The number of benzene rings is 5. The molecule has 4 amide bonds. The summed E-state index contributed by atoms with van der Waals surface area (Å²) in [5, 5.41) is 26.4. The smallest absolute Gasteiger partial charge is 0.258 e. The van der Waals surface area contributed by atoms with Gasteiger partial charge in [-0.25, -0.2) is 0 Å². The highest BCUT2D eigenvalue weighted by Crippen LogP contribution is 2.34. The predicted molar refractivity (Wildman–Crippen MR) is 252 cm³/mol. The summed E-state index contributed by atoms with van der Waals surface area (Å²) in [5.74, 6) is -3.29. The van der Waals surface area contributed by atoms with Crippen molar-refractivity contribution in [3.05, 3.63) is 139 Å². The monoisotopic (exact) mass is 982 g/mol. The Labute approximate surface area is 397 Å². The van der Waals surface area contributed by atoms with Gasteiger partial charge in [0.2, 0.25) is 12.1 Å². The van der Waals surface area contributed by atoms with Crippen LogP contribution in [0.25, 0.3) is 0 Å². The fourth-order valence-corrected chi connectivity index (χ4v) is 7.00. The molecule has 330 valence electrons. The summed E-state index contributed by atoms with van der Waals surface area (Å²) >= 11 is 37.0. The molecular weight excluding hydrogens is 949 g/mol. The second-order valence-electron chi connectivity index (χ2n) is 13.8. The first kappa shape index (κ1) is 49.3. The molecule has 0 fully saturated rings. The number of carbonyl (C=O) groups excluding carboxylic acids is 6. The lowest BCUT2D eigenvalue weighted by molar-refractivity contribution is -0.127. The van der Waals surface area contributed by atoms with Crippen LogP contribution in [-0.4, -0.2) is 59.0 Å². The highest BCUT2D eigenvalue weighted by Gasteiger charge is 2.27. The summed E-state index contributed by atoms with van der Waals surface area (Å²) in [4.78, 5) is 77.8. The van der Waals surface area contributed by atoms with E-state index in [1.54, 1.807) is 24.3 Å². The third-order valence-corrected chi connectivity index (χ3v) is 10.3. The quantitative estimate of drug-likeness (QED) is 0.0382. The Morgan fingerprint density at radius 2 is 0.859 bits per heavy atom. The summed E-state index contributed by atoms with van der Waals surface area (Å²) in [6.07, 6.45) is 1.36. The van der Waals surface area contributed by atoms with Gasteiger partial charge in [-0.2, -0.15) is 20.5 Å². The molecule has 0 saturated heterocycles. The van der Waals surface area contributed by atoms with Gasteiger partial charge in [0.05, 0.1) is 32.8 Å². The zero-order chi connectivity index (χ0) is 46.5. The van der Waals surface area contributed by atoms with E-state index in [0.29, 0.717) is 36.0 Å². The van der Waals surface area contributed by atoms with Crippen molar-refractivity contribution in [3.8, 4) is 0 Å². The molecule has 14 nitrogen and oxygen atoms in total. The third-order valence-electron chi connectivity index (χ3n) is 8.90. The molecule has 0 aliphatic heterocycles. The second kappa shape index (κ2) is 23.3. The molecule has 0 aliphatic carbocycles. The minimum atomic E-state index is -1.66. The molecule has 20 heteroatoms. The van der Waals surface area contributed by atoms with Crippen LogP contribution in [0.1, 0.15) is 45.7 Å². The zero-order valence-corrected chi connectivity index (χ0v) is 38.3. The van der Waals surface area contributed by atoms with E-state index in [1.165, 1.54) is 48.5 Å². The number of carbonyl (C=O) groups is 6. The van der Waals surface area contributed by atoms with Gasteiger partial charge in [0.1, 0.15) is 0 Å². The Morgan fingerprint density at radius 3 is 1.19 bits per heavy atom. The molecule has 4 N–H and O–H groups in total. The van der Waals surface area contributed by atoms with Crippen LogP contribution in [0.2, 0.25) is 20.1 Å². The summed E-state index contributed by atoms with van der Waals surface area (Å²) in [7, 11) is 0. The number of halogens is 6. The fourth-order valence-electron chi connectivity index (χ4n) is 5.69. The molecule has 5 aromatic rings. The molecule has 5 rings (SSSR count). The number of hydrogen-bond acceptors (Lipinski definition) is 10. The van der Waals surface area contributed by atoms with Crippen LogP contribution < -0.4 is 21.3 Å². The molecule has 2 atom stereocenters. The number of anilines is 4. The number of alkyl halides is 2. The first-order valence-electron chi connectivity index (χ1n) is 19.0. The number of hydrogen-bond donors (Lipinski definition) is 4. The first-order chi connectivity index (χ1) is 30.5. The van der Waals surface area contributed by atoms with Gasteiger partial charge in [-0.1, -0.05) is 70.7 Å². The van der Waals surface area contributed by atoms with Crippen molar-refractivity contribution in [2.24, 2.45) is 20.5 Å². The lowest BCUT2D eigenvalue weighted by Crippen LogP contribution is -2.32. The molecule has 2 unspecified atom stereocenters. The average Bonchev–Trinajstić information content (AvgIpc) is 3.23. The topological polar surface area (TPSA) is 200 Å². The van der Waals surface area contributed by atoms with E-state index in [1.807, 2.05) is 24.3 Å². The van der Waals surface area contributed by atoms with Gasteiger partial charge in [-0.05, 0) is 111 Å². The minimum absolute atomic E-state index is 0.0551. The van der Waals surface area contributed by atoms with Gasteiger partial charge in [0.25, 0.3) is 23.6 Å². The standard InChI is InChI=1S/C44H36Cl6N8O6/c1-23(59)39(57-55-33-17-27(15-29(47)19-33)41(61)51-31-7-3-25(4-8-31)11-13-45)43(63)53-37-21-36(50)38(22-35(37)49)54-44(64)40(24(2)60)58-56-34-18-28(16-30(48)20-34)42(62)52-32-9-5-26(6-10-32)12-14-46/h3-10,15-22,39-40H,11-14H2,1-2H3,(H,51,61)(H,52,62)(H,53,63)(H,54,64). The van der Waals surface area contributed by atoms with E-state index >= 15 is 0 Å². The van der Waals surface area contributed by atoms with Gasteiger partial charge in [-0.15, -0.1) is 23.2 Å². The van der Waals surface area contributed by atoms with Gasteiger partial charge in [0, 0.05) is 44.3 Å². The van der Waals surface area contributed by atoms with E-state index < -0.39 is 47.3 Å². The Morgan fingerprint density at radius 1 is 0.500 bits per heavy atom. The Bertz CT molecular complexity index is 2460. The Hall–Kier alpha value is -5.74. The molecular formula is C44H36Cl6N8O6. The number of nitrogens with zero attached hydrogens (tertiary/aromatic N) is 4. The van der Waals surface area contributed by atoms with Crippen molar-refractivity contribution >= 4 is 139 Å². The molecule has 0 aliphatic rings. The van der Waals surface area contributed by atoms with E-state index in [2.05, 4.69) is 41.7 Å². The van der Waals surface area contributed by atoms with E-state index in [-0.39, 0.29) is 54.0 Å². The number of aryl methyl sites for hydroxylation is 2. The number of rotatable bonds is 18. The molecule has 0 heterocycles. The first-order valence-corrected chi connectivity index (χ1v) is 21.6.